The van der Waals surface area contributed by atoms with Gasteiger partial charge < -0.3 is 10.7 Å². The summed E-state index contributed by atoms with van der Waals surface area (Å²) in [5.74, 6) is 0.940. The van der Waals surface area contributed by atoms with Crippen LogP contribution in [0.3, 0.4) is 0 Å². The zero-order valence-corrected chi connectivity index (χ0v) is 11.3. The van der Waals surface area contributed by atoms with E-state index in [1.165, 1.54) is 36.0 Å². The van der Waals surface area contributed by atoms with Crippen molar-refractivity contribution in [3.05, 3.63) is 53.1 Å². The molecule has 0 saturated heterocycles. The number of imidazole rings is 1. The molecule has 2 aromatic carbocycles. The second kappa shape index (κ2) is 4.46. The minimum atomic E-state index is 0.520. The van der Waals surface area contributed by atoms with Gasteiger partial charge in [0.05, 0.1) is 11.0 Å². The molecular formula is C17H17N3. The van der Waals surface area contributed by atoms with Crippen molar-refractivity contribution in [3.63, 3.8) is 0 Å². The fourth-order valence-electron chi connectivity index (χ4n) is 3.11. The van der Waals surface area contributed by atoms with Crippen LogP contribution < -0.4 is 5.73 Å². The molecular weight excluding hydrogens is 246 g/mol. The molecule has 3 N–H and O–H groups in total. The van der Waals surface area contributed by atoms with Crippen LogP contribution in [0.25, 0.3) is 22.4 Å². The van der Waals surface area contributed by atoms with E-state index in [-0.39, 0.29) is 0 Å². The van der Waals surface area contributed by atoms with Gasteiger partial charge in [-0.2, -0.15) is 0 Å². The van der Waals surface area contributed by atoms with Gasteiger partial charge >= 0.3 is 0 Å². The SMILES string of the molecule is NCc1cccc2[nH]c(-c3ccc4c(c3)CCC4)nc12. The van der Waals surface area contributed by atoms with Crippen LogP contribution in [0.4, 0.5) is 0 Å². The van der Waals surface area contributed by atoms with Gasteiger partial charge in [0.2, 0.25) is 0 Å². The second-order valence-corrected chi connectivity index (χ2v) is 5.44. The van der Waals surface area contributed by atoms with E-state index in [2.05, 4.69) is 29.2 Å². The summed E-state index contributed by atoms with van der Waals surface area (Å²) >= 11 is 0. The molecule has 0 fully saturated rings. The van der Waals surface area contributed by atoms with Crippen LogP contribution in [0.5, 0.6) is 0 Å². The molecule has 0 spiro atoms. The summed E-state index contributed by atoms with van der Waals surface area (Å²) in [7, 11) is 0. The Morgan fingerprint density at radius 3 is 2.90 bits per heavy atom. The van der Waals surface area contributed by atoms with E-state index in [4.69, 9.17) is 10.7 Å². The highest BCUT2D eigenvalue weighted by molar-refractivity contribution is 5.82. The third kappa shape index (κ3) is 1.74. The Bertz CT molecular complexity index is 786. The molecule has 1 heterocycles. The second-order valence-electron chi connectivity index (χ2n) is 5.44. The Hall–Kier alpha value is -2.13. The molecule has 0 saturated carbocycles. The number of hydrogen-bond donors (Lipinski definition) is 2. The third-order valence-electron chi connectivity index (χ3n) is 4.19. The van der Waals surface area contributed by atoms with Gasteiger partial charge in [0, 0.05) is 12.1 Å². The average Bonchev–Trinajstić information content (AvgIpc) is 3.11. The number of aromatic nitrogens is 2. The van der Waals surface area contributed by atoms with Gasteiger partial charge in [0.25, 0.3) is 0 Å². The molecule has 1 aromatic heterocycles. The topological polar surface area (TPSA) is 54.7 Å². The van der Waals surface area contributed by atoms with Gasteiger partial charge in [-0.1, -0.05) is 24.3 Å². The summed E-state index contributed by atoms with van der Waals surface area (Å²) in [6, 6.07) is 12.8. The number of nitrogens with two attached hydrogens (primary N) is 1. The van der Waals surface area contributed by atoms with Gasteiger partial charge in [-0.25, -0.2) is 4.98 Å². The van der Waals surface area contributed by atoms with Crippen LogP contribution in [-0.4, -0.2) is 9.97 Å². The van der Waals surface area contributed by atoms with Crippen molar-refractivity contribution in [2.45, 2.75) is 25.8 Å². The summed E-state index contributed by atoms with van der Waals surface area (Å²) in [5, 5.41) is 0. The molecule has 0 bridgehead atoms. The number of rotatable bonds is 2. The molecule has 20 heavy (non-hydrogen) atoms. The lowest BCUT2D eigenvalue weighted by Crippen LogP contribution is -1.96. The monoisotopic (exact) mass is 263 g/mol. The normalized spacial score (nSPS) is 13.8. The molecule has 3 heteroatoms. The first kappa shape index (κ1) is 11.7. The molecule has 0 radical (unpaired) electrons. The summed E-state index contributed by atoms with van der Waals surface area (Å²) in [4.78, 5) is 8.15. The zero-order chi connectivity index (χ0) is 13.5. The van der Waals surface area contributed by atoms with Crippen molar-refractivity contribution in [2.24, 2.45) is 5.73 Å². The van der Waals surface area contributed by atoms with Crippen LogP contribution in [0.1, 0.15) is 23.1 Å². The molecule has 100 valence electrons. The number of aryl methyl sites for hydroxylation is 2. The molecule has 1 aliphatic carbocycles. The van der Waals surface area contributed by atoms with Crippen molar-refractivity contribution < 1.29 is 0 Å². The number of aromatic amines is 1. The van der Waals surface area contributed by atoms with Gasteiger partial charge in [0.1, 0.15) is 5.82 Å². The number of nitrogens with zero attached hydrogens (tertiary/aromatic N) is 1. The maximum atomic E-state index is 5.78. The maximum Gasteiger partial charge on any atom is 0.138 e. The summed E-state index contributed by atoms with van der Waals surface area (Å²) in [6.45, 7) is 0.520. The zero-order valence-electron chi connectivity index (χ0n) is 11.3. The van der Waals surface area contributed by atoms with E-state index in [9.17, 15) is 0 Å². The van der Waals surface area contributed by atoms with Crippen molar-refractivity contribution in [3.8, 4) is 11.4 Å². The predicted octanol–water partition coefficient (Wildman–Crippen LogP) is 3.18. The number of benzene rings is 2. The first-order valence-electron chi connectivity index (χ1n) is 7.15. The molecule has 0 aliphatic heterocycles. The Labute approximate surface area is 117 Å². The molecule has 3 nitrogen and oxygen atoms in total. The summed E-state index contributed by atoms with van der Waals surface area (Å²) in [6.07, 6.45) is 3.68. The van der Waals surface area contributed by atoms with Gasteiger partial charge in [-0.3, -0.25) is 0 Å². The highest BCUT2D eigenvalue weighted by Crippen LogP contribution is 2.28. The lowest BCUT2D eigenvalue weighted by Gasteiger charge is -2.01. The number of H-pyrrole nitrogens is 1. The highest BCUT2D eigenvalue weighted by atomic mass is 14.9. The van der Waals surface area contributed by atoms with E-state index in [0.29, 0.717) is 6.54 Å². The first-order valence-corrected chi connectivity index (χ1v) is 7.15. The molecule has 0 unspecified atom stereocenters. The summed E-state index contributed by atoms with van der Waals surface area (Å²) < 4.78 is 0. The van der Waals surface area contributed by atoms with E-state index in [1.54, 1.807) is 0 Å². The largest absolute Gasteiger partial charge is 0.338 e. The van der Waals surface area contributed by atoms with E-state index in [0.717, 1.165) is 22.4 Å². The smallest absolute Gasteiger partial charge is 0.138 e. The Balaban J connectivity index is 1.86. The van der Waals surface area contributed by atoms with E-state index >= 15 is 0 Å². The van der Waals surface area contributed by atoms with E-state index < -0.39 is 0 Å². The van der Waals surface area contributed by atoms with Crippen molar-refractivity contribution in [1.82, 2.24) is 9.97 Å². The van der Waals surface area contributed by atoms with Gasteiger partial charge in [0.15, 0.2) is 0 Å². The molecule has 3 aromatic rings. The highest BCUT2D eigenvalue weighted by Gasteiger charge is 2.13. The lowest BCUT2D eigenvalue weighted by atomic mass is 10.1. The predicted molar refractivity (Wildman–Crippen MR) is 81.4 cm³/mol. The van der Waals surface area contributed by atoms with Crippen LogP contribution in [0.2, 0.25) is 0 Å². The maximum absolute atomic E-state index is 5.78. The molecule has 0 amide bonds. The fraction of sp³-hybridized carbons (Fsp3) is 0.235. The van der Waals surface area contributed by atoms with Crippen LogP contribution in [0.15, 0.2) is 36.4 Å². The van der Waals surface area contributed by atoms with Crippen LogP contribution in [0, 0.1) is 0 Å². The fourth-order valence-corrected chi connectivity index (χ4v) is 3.11. The third-order valence-corrected chi connectivity index (χ3v) is 4.19. The van der Waals surface area contributed by atoms with Crippen LogP contribution >= 0.6 is 0 Å². The first-order chi connectivity index (χ1) is 9.85. The Morgan fingerprint density at radius 1 is 1.10 bits per heavy atom. The Morgan fingerprint density at radius 2 is 2.00 bits per heavy atom. The quantitative estimate of drug-likeness (QED) is 0.746. The number of hydrogen-bond acceptors (Lipinski definition) is 2. The number of nitrogens with one attached hydrogen (secondary N) is 1. The standard InChI is InChI=1S/C17H17N3/c18-10-14-5-2-6-15-16(14)20-17(19-15)13-8-7-11-3-1-4-12(11)9-13/h2,5-9H,1,3-4,10,18H2,(H,19,20). The minimum Gasteiger partial charge on any atom is -0.338 e. The number of fused-ring (bicyclic) bond motifs is 2. The van der Waals surface area contributed by atoms with Gasteiger partial charge in [-0.05, 0) is 48.1 Å². The van der Waals surface area contributed by atoms with Crippen LogP contribution in [-0.2, 0) is 19.4 Å². The minimum absolute atomic E-state index is 0.520. The van der Waals surface area contributed by atoms with Crippen molar-refractivity contribution in [1.29, 1.82) is 0 Å². The molecule has 0 atom stereocenters. The van der Waals surface area contributed by atoms with E-state index in [1.807, 2.05) is 12.1 Å². The average molecular weight is 263 g/mol. The lowest BCUT2D eigenvalue weighted by molar-refractivity contribution is 0.912. The number of para-hydroxylation sites is 1. The Kier molecular flexibility index (Phi) is 2.60. The van der Waals surface area contributed by atoms with Crippen molar-refractivity contribution in [2.75, 3.05) is 0 Å². The van der Waals surface area contributed by atoms with Crippen molar-refractivity contribution >= 4 is 11.0 Å². The molecule has 4 rings (SSSR count). The van der Waals surface area contributed by atoms with Gasteiger partial charge in [-0.15, -0.1) is 0 Å². The molecule has 1 aliphatic rings. The summed E-state index contributed by atoms with van der Waals surface area (Å²) in [5.41, 5.74) is 13.1.